The van der Waals surface area contributed by atoms with Crippen LogP contribution in [0.3, 0.4) is 0 Å². The predicted molar refractivity (Wildman–Crippen MR) is 110 cm³/mol. The minimum absolute atomic E-state index is 0.0407. The van der Waals surface area contributed by atoms with Gasteiger partial charge in [-0.1, -0.05) is 26.0 Å². The number of hydrogen-bond donors (Lipinski definition) is 1. The van der Waals surface area contributed by atoms with Crippen molar-refractivity contribution in [2.75, 3.05) is 11.8 Å². The molecule has 0 radical (unpaired) electrons. The van der Waals surface area contributed by atoms with Crippen LogP contribution in [-0.2, 0) is 16.2 Å². The Morgan fingerprint density at radius 2 is 1.70 bits per heavy atom. The summed E-state index contributed by atoms with van der Waals surface area (Å²) in [6, 6.07) is 9.30. The van der Waals surface area contributed by atoms with Gasteiger partial charge >= 0.3 is 6.18 Å². The monoisotopic (exact) mass is 442 g/mol. The molecule has 2 aromatic carbocycles. The van der Waals surface area contributed by atoms with E-state index in [0.29, 0.717) is 12.0 Å². The lowest BCUT2D eigenvalue weighted by Gasteiger charge is -2.26. The van der Waals surface area contributed by atoms with Gasteiger partial charge in [-0.05, 0) is 55.7 Å². The van der Waals surface area contributed by atoms with Gasteiger partial charge in [0.25, 0.3) is 15.9 Å². The summed E-state index contributed by atoms with van der Waals surface area (Å²) in [6.07, 6.45) is -3.80. The van der Waals surface area contributed by atoms with Gasteiger partial charge in [-0.25, -0.2) is 8.42 Å². The molecule has 0 aliphatic rings. The highest BCUT2D eigenvalue weighted by molar-refractivity contribution is 7.92. The van der Waals surface area contributed by atoms with Crippen LogP contribution in [0.5, 0.6) is 0 Å². The summed E-state index contributed by atoms with van der Waals surface area (Å²) in [7, 11) is -2.53. The molecule has 0 aliphatic heterocycles. The molecule has 2 aromatic rings. The number of benzene rings is 2. The number of amides is 1. The van der Waals surface area contributed by atoms with Gasteiger partial charge in [-0.3, -0.25) is 9.52 Å². The number of hydrogen-bond acceptors (Lipinski definition) is 3. The standard InChI is InChI=1S/C21H25F3N2O3S/c1-14(2)11-15(3)26(4)20(27)16-7-5-10-19(12-16)30(28,29)25-18-9-6-8-17(13-18)21(22,23)24/h5-10,12-15,25H,11H2,1-4H3. The number of nitrogens with one attached hydrogen (secondary N) is 1. The van der Waals surface area contributed by atoms with E-state index in [2.05, 4.69) is 4.72 Å². The molecular formula is C21H25F3N2O3S. The summed E-state index contributed by atoms with van der Waals surface area (Å²) in [5.74, 6) is 0.0536. The summed E-state index contributed by atoms with van der Waals surface area (Å²) in [6.45, 7) is 6.00. The first-order chi connectivity index (χ1) is 13.8. The van der Waals surface area contributed by atoms with Crippen LogP contribution in [-0.4, -0.2) is 32.3 Å². The lowest BCUT2D eigenvalue weighted by atomic mass is 10.0. The Kier molecular flexibility index (Phi) is 7.18. The van der Waals surface area contributed by atoms with Crippen LogP contribution in [0.1, 0.15) is 43.1 Å². The Labute approximate surface area is 175 Å². The molecule has 0 aromatic heterocycles. The SMILES string of the molecule is CC(C)CC(C)N(C)C(=O)c1cccc(S(=O)(=O)Nc2cccc(C(F)(F)F)c2)c1. The molecule has 0 saturated carbocycles. The Morgan fingerprint density at radius 3 is 2.30 bits per heavy atom. The van der Waals surface area contributed by atoms with Crippen molar-refractivity contribution in [3.63, 3.8) is 0 Å². The quantitative estimate of drug-likeness (QED) is 0.655. The average Bonchev–Trinajstić information content (AvgIpc) is 2.65. The van der Waals surface area contributed by atoms with Crippen molar-refractivity contribution < 1.29 is 26.4 Å². The summed E-state index contributed by atoms with van der Waals surface area (Å²) < 4.78 is 66.1. The van der Waals surface area contributed by atoms with Crippen molar-refractivity contribution in [2.45, 2.75) is 44.3 Å². The Hall–Kier alpha value is -2.55. The van der Waals surface area contributed by atoms with E-state index in [-0.39, 0.29) is 28.1 Å². The van der Waals surface area contributed by atoms with Gasteiger partial charge in [0.1, 0.15) is 0 Å². The fraction of sp³-hybridized carbons (Fsp3) is 0.381. The first-order valence-corrected chi connectivity index (χ1v) is 10.9. The largest absolute Gasteiger partial charge is 0.416 e. The van der Waals surface area contributed by atoms with Gasteiger partial charge < -0.3 is 4.90 Å². The van der Waals surface area contributed by atoms with Gasteiger partial charge in [0.05, 0.1) is 10.5 Å². The number of carbonyl (C=O) groups is 1. The lowest BCUT2D eigenvalue weighted by molar-refractivity contribution is -0.137. The normalized spacial score (nSPS) is 13.2. The van der Waals surface area contributed by atoms with Crippen LogP contribution < -0.4 is 4.72 Å². The zero-order valence-corrected chi connectivity index (χ0v) is 18.0. The van der Waals surface area contributed by atoms with E-state index in [1.165, 1.54) is 30.3 Å². The zero-order valence-electron chi connectivity index (χ0n) is 17.2. The summed E-state index contributed by atoms with van der Waals surface area (Å²) in [5, 5.41) is 0. The smallest absolute Gasteiger partial charge is 0.339 e. The molecule has 2 rings (SSSR count). The van der Waals surface area contributed by atoms with E-state index in [4.69, 9.17) is 0 Å². The van der Waals surface area contributed by atoms with Crippen molar-refractivity contribution in [1.29, 1.82) is 0 Å². The third-order valence-electron chi connectivity index (χ3n) is 4.63. The number of anilines is 1. The van der Waals surface area contributed by atoms with Crippen molar-refractivity contribution in [3.05, 3.63) is 59.7 Å². The number of rotatable bonds is 7. The van der Waals surface area contributed by atoms with E-state index >= 15 is 0 Å². The highest BCUT2D eigenvalue weighted by Crippen LogP contribution is 2.31. The third-order valence-corrected chi connectivity index (χ3v) is 6.01. The zero-order chi connectivity index (χ0) is 22.7. The van der Waals surface area contributed by atoms with E-state index in [0.717, 1.165) is 18.6 Å². The van der Waals surface area contributed by atoms with E-state index in [1.54, 1.807) is 11.9 Å². The van der Waals surface area contributed by atoms with Crippen molar-refractivity contribution >= 4 is 21.6 Å². The van der Waals surface area contributed by atoms with Gasteiger partial charge in [-0.2, -0.15) is 13.2 Å². The van der Waals surface area contributed by atoms with Crippen molar-refractivity contribution in [1.82, 2.24) is 4.90 Å². The minimum atomic E-state index is -4.59. The van der Waals surface area contributed by atoms with Gasteiger partial charge in [-0.15, -0.1) is 0 Å². The molecule has 1 atom stereocenters. The summed E-state index contributed by atoms with van der Waals surface area (Å²) >= 11 is 0. The average molecular weight is 443 g/mol. The molecule has 0 aliphatic carbocycles. The molecule has 0 heterocycles. The van der Waals surface area contributed by atoms with Crippen LogP contribution in [0.25, 0.3) is 0 Å². The Balaban J connectivity index is 2.27. The molecule has 1 unspecified atom stereocenters. The molecule has 1 N–H and O–H groups in total. The predicted octanol–water partition coefficient (Wildman–Crippen LogP) is 5.01. The number of nitrogens with zero attached hydrogens (tertiary/aromatic N) is 1. The molecule has 1 amide bonds. The fourth-order valence-electron chi connectivity index (χ4n) is 3.01. The summed E-state index contributed by atoms with van der Waals surface area (Å²) in [4.78, 5) is 14.1. The molecule has 5 nitrogen and oxygen atoms in total. The molecule has 0 saturated heterocycles. The van der Waals surface area contributed by atoms with Crippen LogP contribution in [0.4, 0.5) is 18.9 Å². The number of halogens is 3. The van der Waals surface area contributed by atoms with Crippen molar-refractivity contribution in [3.8, 4) is 0 Å². The molecule has 0 fully saturated rings. The maximum absolute atomic E-state index is 12.9. The van der Waals surface area contributed by atoms with E-state index in [9.17, 15) is 26.4 Å². The third kappa shape index (κ3) is 5.98. The second kappa shape index (κ2) is 9.07. The summed E-state index contributed by atoms with van der Waals surface area (Å²) in [5.41, 5.74) is -1.00. The number of alkyl halides is 3. The highest BCUT2D eigenvalue weighted by Gasteiger charge is 2.31. The van der Waals surface area contributed by atoms with E-state index < -0.39 is 21.8 Å². The molecule has 0 spiro atoms. The fourth-order valence-corrected chi connectivity index (χ4v) is 4.11. The number of sulfonamides is 1. The highest BCUT2D eigenvalue weighted by atomic mass is 32.2. The molecule has 0 bridgehead atoms. The van der Waals surface area contributed by atoms with Gasteiger partial charge in [0.15, 0.2) is 0 Å². The maximum Gasteiger partial charge on any atom is 0.416 e. The second-order valence-electron chi connectivity index (χ2n) is 7.61. The van der Waals surface area contributed by atoms with Gasteiger partial charge in [0, 0.05) is 24.3 Å². The van der Waals surface area contributed by atoms with Crippen molar-refractivity contribution in [2.24, 2.45) is 5.92 Å². The Morgan fingerprint density at radius 1 is 1.07 bits per heavy atom. The topological polar surface area (TPSA) is 66.5 Å². The van der Waals surface area contributed by atoms with Crippen LogP contribution in [0, 0.1) is 5.92 Å². The van der Waals surface area contributed by atoms with E-state index in [1.807, 2.05) is 20.8 Å². The molecular weight excluding hydrogens is 417 g/mol. The minimum Gasteiger partial charge on any atom is -0.339 e. The lowest BCUT2D eigenvalue weighted by Crippen LogP contribution is -2.36. The van der Waals surface area contributed by atoms with Crippen LogP contribution in [0.15, 0.2) is 53.4 Å². The molecule has 9 heteroatoms. The number of carbonyl (C=O) groups excluding carboxylic acids is 1. The van der Waals surface area contributed by atoms with Gasteiger partial charge in [0.2, 0.25) is 0 Å². The second-order valence-corrected chi connectivity index (χ2v) is 9.29. The van der Waals surface area contributed by atoms with Crippen LogP contribution in [0.2, 0.25) is 0 Å². The molecule has 30 heavy (non-hydrogen) atoms. The maximum atomic E-state index is 12.9. The van der Waals surface area contributed by atoms with Crippen LogP contribution >= 0.6 is 0 Å². The first-order valence-electron chi connectivity index (χ1n) is 9.38. The molecule has 164 valence electrons. The first kappa shape index (κ1) is 23.7. The Bertz CT molecular complexity index is 1000.